The van der Waals surface area contributed by atoms with Gasteiger partial charge in [0.15, 0.2) is 0 Å². The molecule has 16 heavy (non-hydrogen) atoms. The van der Waals surface area contributed by atoms with Crippen LogP contribution in [0.1, 0.15) is 23.7 Å². The molecule has 0 bridgehead atoms. The fourth-order valence-corrected chi connectivity index (χ4v) is 1.60. The molecule has 1 aromatic rings. The summed E-state index contributed by atoms with van der Waals surface area (Å²) in [5.74, 6) is -0.815. The molecule has 1 atom stereocenters. The molecule has 2 nitrogen and oxygen atoms in total. The fourth-order valence-electron chi connectivity index (χ4n) is 1.25. The first-order valence-electron chi connectivity index (χ1n) is 5.20. The fraction of sp³-hybridized carbons (Fsp3) is 0.417. The molecule has 1 N–H and O–H groups in total. The highest BCUT2D eigenvalue weighted by atomic mass is 32.2. The van der Waals surface area contributed by atoms with Gasteiger partial charge in [0.1, 0.15) is 5.82 Å². The summed E-state index contributed by atoms with van der Waals surface area (Å²) < 4.78 is 13.2. The van der Waals surface area contributed by atoms with E-state index in [2.05, 4.69) is 12.2 Å². The second kappa shape index (κ2) is 6.53. The molecule has 1 rings (SSSR count). The zero-order valence-corrected chi connectivity index (χ0v) is 10.3. The molecule has 0 saturated heterocycles. The Balaban J connectivity index is 2.44. The lowest BCUT2D eigenvalue weighted by Crippen LogP contribution is -2.26. The number of carbonyl (C=O) groups is 1. The number of hydrogen-bond acceptors (Lipinski definition) is 2. The van der Waals surface area contributed by atoms with E-state index in [0.717, 1.165) is 6.42 Å². The molecule has 88 valence electrons. The Morgan fingerprint density at radius 1 is 1.50 bits per heavy atom. The molecule has 1 amide bonds. The number of rotatable bonds is 5. The van der Waals surface area contributed by atoms with Gasteiger partial charge in [-0.1, -0.05) is 19.1 Å². The minimum absolute atomic E-state index is 0.110. The molecule has 0 spiro atoms. The topological polar surface area (TPSA) is 29.1 Å². The molecule has 0 aliphatic carbocycles. The normalized spacial score (nSPS) is 12.2. The van der Waals surface area contributed by atoms with Crippen LogP contribution in [0, 0.1) is 5.82 Å². The molecule has 1 unspecified atom stereocenters. The predicted octanol–water partition coefficient (Wildman–Crippen LogP) is 2.70. The Morgan fingerprint density at radius 2 is 2.19 bits per heavy atom. The number of hydrogen-bond donors (Lipinski definition) is 1. The summed E-state index contributed by atoms with van der Waals surface area (Å²) >= 11 is 1.75. The van der Waals surface area contributed by atoms with Gasteiger partial charge in [-0.3, -0.25) is 4.79 Å². The maximum atomic E-state index is 13.2. The molecule has 0 aromatic heterocycles. The van der Waals surface area contributed by atoms with E-state index < -0.39 is 5.82 Å². The van der Waals surface area contributed by atoms with Gasteiger partial charge in [-0.15, -0.1) is 0 Å². The van der Waals surface area contributed by atoms with Crippen molar-refractivity contribution in [2.24, 2.45) is 0 Å². The molecule has 0 aliphatic heterocycles. The molecular formula is C12H16FNOS. The molecule has 0 fully saturated rings. The second-order valence-electron chi connectivity index (χ2n) is 3.57. The van der Waals surface area contributed by atoms with Crippen molar-refractivity contribution in [2.75, 3.05) is 12.8 Å². The van der Waals surface area contributed by atoms with Crippen LogP contribution >= 0.6 is 11.8 Å². The summed E-state index contributed by atoms with van der Waals surface area (Å²) in [6.07, 6.45) is 2.92. The maximum absolute atomic E-state index is 13.2. The summed E-state index contributed by atoms with van der Waals surface area (Å²) in [5.41, 5.74) is 0.110. The number of nitrogens with one attached hydrogen (secondary N) is 1. The molecule has 4 heteroatoms. The smallest absolute Gasteiger partial charge is 0.254 e. The third-order valence-corrected chi connectivity index (χ3v) is 3.40. The first-order valence-corrected chi connectivity index (χ1v) is 6.49. The number of benzene rings is 1. The monoisotopic (exact) mass is 241 g/mol. The SMILES string of the molecule is CSC(C)CCNC(=O)c1ccccc1F. The summed E-state index contributed by atoms with van der Waals surface area (Å²) in [4.78, 5) is 11.6. The van der Waals surface area contributed by atoms with Gasteiger partial charge in [0, 0.05) is 11.8 Å². The maximum Gasteiger partial charge on any atom is 0.254 e. The Bertz CT molecular complexity index is 357. The lowest BCUT2D eigenvalue weighted by molar-refractivity contribution is 0.0949. The highest BCUT2D eigenvalue weighted by molar-refractivity contribution is 7.99. The third-order valence-electron chi connectivity index (χ3n) is 2.36. The summed E-state index contributed by atoms with van der Waals surface area (Å²) in [6, 6.07) is 6.01. The standard InChI is InChI=1S/C12H16FNOS/c1-9(16-2)7-8-14-12(15)10-5-3-4-6-11(10)13/h3-6,9H,7-8H2,1-2H3,(H,14,15). The second-order valence-corrected chi connectivity index (χ2v) is 4.85. The molecule has 0 radical (unpaired) electrons. The van der Waals surface area contributed by atoms with Crippen molar-refractivity contribution < 1.29 is 9.18 Å². The highest BCUT2D eigenvalue weighted by Gasteiger charge is 2.10. The van der Waals surface area contributed by atoms with Crippen LogP contribution in [0.25, 0.3) is 0 Å². The number of amides is 1. The Kier molecular flexibility index (Phi) is 5.32. The van der Waals surface area contributed by atoms with Gasteiger partial charge in [0.05, 0.1) is 5.56 Å². The Labute approximate surface area is 99.6 Å². The molecule has 1 aromatic carbocycles. The van der Waals surface area contributed by atoms with Crippen molar-refractivity contribution in [3.8, 4) is 0 Å². The van der Waals surface area contributed by atoms with Crippen LogP contribution in [0.15, 0.2) is 24.3 Å². The molecular weight excluding hydrogens is 225 g/mol. The Morgan fingerprint density at radius 3 is 2.81 bits per heavy atom. The van der Waals surface area contributed by atoms with Gasteiger partial charge in [0.2, 0.25) is 0 Å². The average Bonchev–Trinajstić information content (AvgIpc) is 2.29. The lowest BCUT2D eigenvalue weighted by Gasteiger charge is -2.09. The van der Waals surface area contributed by atoms with E-state index in [1.54, 1.807) is 23.9 Å². The van der Waals surface area contributed by atoms with E-state index in [-0.39, 0.29) is 11.5 Å². The van der Waals surface area contributed by atoms with E-state index in [1.807, 2.05) is 6.26 Å². The van der Waals surface area contributed by atoms with Crippen LogP contribution in [0.3, 0.4) is 0 Å². The van der Waals surface area contributed by atoms with Crippen LogP contribution in [-0.2, 0) is 0 Å². The van der Waals surface area contributed by atoms with Gasteiger partial charge in [-0.2, -0.15) is 11.8 Å². The van der Waals surface area contributed by atoms with Crippen LogP contribution in [0.4, 0.5) is 4.39 Å². The lowest BCUT2D eigenvalue weighted by atomic mass is 10.2. The van der Waals surface area contributed by atoms with Gasteiger partial charge in [-0.25, -0.2) is 4.39 Å². The summed E-state index contributed by atoms with van der Waals surface area (Å²) in [5, 5.41) is 3.21. The van der Waals surface area contributed by atoms with Crippen molar-refractivity contribution in [3.63, 3.8) is 0 Å². The Hall–Kier alpha value is -1.03. The minimum atomic E-state index is -0.474. The summed E-state index contributed by atoms with van der Waals surface area (Å²) in [7, 11) is 0. The van der Waals surface area contributed by atoms with Crippen LogP contribution in [0.2, 0.25) is 0 Å². The molecule has 0 aliphatic rings. The van der Waals surface area contributed by atoms with E-state index in [4.69, 9.17) is 0 Å². The quantitative estimate of drug-likeness (QED) is 0.858. The average molecular weight is 241 g/mol. The van der Waals surface area contributed by atoms with Gasteiger partial charge >= 0.3 is 0 Å². The van der Waals surface area contributed by atoms with E-state index >= 15 is 0 Å². The van der Waals surface area contributed by atoms with Crippen molar-refractivity contribution in [1.29, 1.82) is 0 Å². The number of halogens is 1. The molecule has 0 saturated carbocycles. The largest absolute Gasteiger partial charge is 0.352 e. The summed E-state index contributed by atoms with van der Waals surface area (Å²) in [6.45, 7) is 2.68. The first kappa shape index (κ1) is 13.0. The van der Waals surface area contributed by atoms with E-state index in [9.17, 15) is 9.18 Å². The van der Waals surface area contributed by atoms with Crippen LogP contribution < -0.4 is 5.32 Å². The van der Waals surface area contributed by atoms with Crippen molar-refractivity contribution in [3.05, 3.63) is 35.6 Å². The van der Waals surface area contributed by atoms with E-state index in [1.165, 1.54) is 12.1 Å². The van der Waals surface area contributed by atoms with E-state index in [0.29, 0.717) is 11.8 Å². The van der Waals surface area contributed by atoms with Gasteiger partial charge < -0.3 is 5.32 Å². The van der Waals surface area contributed by atoms with Crippen molar-refractivity contribution >= 4 is 17.7 Å². The van der Waals surface area contributed by atoms with Crippen molar-refractivity contribution in [1.82, 2.24) is 5.32 Å². The van der Waals surface area contributed by atoms with Crippen LogP contribution in [0.5, 0.6) is 0 Å². The number of thioether (sulfide) groups is 1. The molecule has 0 heterocycles. The van der Waals surface area contributed by atoms with Crippen LogP contribution in [-0.4, -0.2) is 24.0 Å². The first-order chi connectivity index (χ1) is 7.65. The highest BCUT2D eigenvalue weighted by Crippen LogP contribution is 2.09. The zero-order chi connectivity index (χ0) is 12.0. The van der Waals surface area contributed by atoms with Gasteiger partial charge in [-0.05, 0) is 24.8 Å². The third kappa shape index (κ3) is 3.85. The minimum Gasteiger partial charge on any atom is -0.352 e. The number of carbonyl (C=O) groups excluding carboxylic acids is 1. The zero-order valence-electron chi connectivity index (χ0n) is 9.50. The predicted molar refractivity (Wildman–Crippen MR) is 66.3 cm³/mol. The van der Waals surface area contributed by atoms with Crippen molar-refractivity contribution in [2.45, 2.75) is 18.6 Å². The van der Waals surface area contributed by atoms with Gasteiger partial charge in [0.25, 0.3) is 5.91 Å².